The molecule has 35 heavy (non-hydrogen) atoms. The summed E-state index contributed by atoms with van der Waals surface area (Å²) in [6.45, 7) is -1.61. The number of aliphatic imine (C=N–C) groups is 1. The highest BCUT2D eigenvalue weighted by atomic mass is 32.2. The fourth-order valence-corrected chi connectivity index (χ4v) is 4.07. The van der Waals surface area contributed by atoms with Gasteiger partial charge in [0.2, 0.25) is 0 Å². The number of nitrogens with two attached hydrogens (primary N) is 1. The van der Waals surface area contributed by atoms with E-state index in [2.05, 4.69) is 4.99 Å². The maximum absolute atomic E-state index is 12.8. The van der Waals surface area contributed by atoms with Crippen molar-refractivity contribution in [2.75, 3.05) is 13.2 Å². The fraction of sp³-hybridized carbons (Fsp3) is 0.286. The van der Waals surface area contributed by atoms with Crippen molar-refractivity contribution in [3.8, 4) is 11.5 Å². The minimum atomic E-state index is -4.74. The van der Waals surface area contributed by atoms with Gasteiger partial charge in [-0.2, -0.15) is 34.8 Å². The third-order valence-electron chi connectivity index (χ3n) is 4.60. The van der Waals surface area contributed by atoms with E-state index in [0.717, 1.165) is 23.8 Å². The van der Waals surface area contributed by atoms with E-state index in [0.29, 0.717) is 9.87 Å². The number of benzene rings is 2. The molecule has 0 fully saturated rings. The quantitative estimate of drug-likeness (QED) is 0.545. The van der Waals surface area contributed by atoms with Crippen LogP contribution in [0.5, 0.6) is 11.5 Å². The molecule has 0 bridgehead atoms. The van der Waals surface area contributed by atoms with Gasteiger partial charge in [0.05, 0.1) is 6.04 Å². The first-order chi connectivity index (χ1) is 16.1. The predicted molar refractivity (Wildman–Crippen MR) is 114 cm³/mol. The van der Waals surface area contributed by atoms with Crippen molar-refractivity contribution in [3.05, 3.63) is 71.4 Å². The van der Waals surface area contributed by atoms with Gasteiger partial charge in [-0.15, -0.1) is 0 Å². The van der Waals surface area contributed by atoms with Crippen LogP contribution in [-0.4, -0.2) is 44.1 Å². The second-order valence-corrected chi connectivity index (χ2v) is 8.88. The zero-order valence-corrected chi connectivity index (χ0v) is 18.8. The van der Waals surface area contributed by atoms with Crippen LogP contribution in [0.2, 0.25) is 0 Å². The van der Waals surface area contributed by atoms with E-state index >= 15 is 0 Å². The molecular weight excluding hydrogens is 504 g/mol. The SMILES string of the molecule is Cc1ccc(C2=NC=CC(c3cc(OCC(F)(F)F)ccc3OCC(F)(F)F)N2S(N)(=O)=O)cc1. The van der Waals surface area contributed by atoms with E-state index in [1.54, 1.807) is 31.2 Å². The molecule has 2 aromatic carbocycles. The van der Waals surface area contributed by atoms with Gasteiger partial charge in [-0.05, 0) is 31.2 Å². The molecule has 7 nitrogen and oxygen atoms in total. The van der Waals surface area contributed by atoms with Crippen molar-refractivity contribution in [1.82, 2.24) is 4.31 Å². The van der Waals surface area contributed by atoms with Crippen LogP contribution in [-0.2, 0) is 10.2 Å². The van der Waals surface area contributed by atoms with Crippen molar-refractivity contribution < 1.29 is 44.2 Å². The van der Waals surface area contributed by atoms with Crippen molar-refractivity contribution in [2.45, 2.75) is 25.3 Å². The Morgan fingerprint density at radius 1 is 0.971 bits per heavy atom. The van der Waals surface area contributed by atoms with E-state index in [1.807, 2.05) is 0 Å². The summed E-state index contributed by atoms with van der Waals surface area (Å²) >= 11 is 0. The second kappa shape index (κ2) is 9.77. The van der Waals surface area contributed by atoms with Crippen molar-refractivity contribution in [3.63, 3.8) is 0 Å². The summed E-state index contributed by atoms with van der Waals surface area (Å²) in [4.78, 5) is 4.06. The maximum Gasteiger partial charge on any atom is 0.422 e. The zero-order chi connectivity index (χ0) is 26.0. The summed E-state index contributed by atoms with van der Waals surface area (Å²) < 4.78 is 112. The van der Waals surface area contributed by atoms with Crippen molar-refractivity contribution in [1.29, 1.82) is 0 Å². The highest BCUT2D eigenvalue weighted by Crippen LogP contribution is 2.38. The highest BCUT2D eigenvalue weighted by molar-refractivity contribution is 7.87. The molecule has 0 aromatic heterocycles. The number of hydrogen-bond donors (Lipinski definition) is 1. The third-order valence-corrected chi connectivity index (χ3v) is 5.55. The first-order valence-electron chi connectivity index (χ1n) is 9.81. The topological polar surface area (TPSA) is 94.2 Å². The van der Waals surface area contributed by atoms with E-state index in [9.17, 15) is 34.8 Å². The molecule has 1 aliphatic heterocycles. The molecule has 2 aromatic rings. The highest BCUT2D eigenvalue weighted by Gasteiger charge is 2.36. The lowest BCUT2D eigenvalue weighted by atomic mass is 10.0. The number of hydrogen-bond acceptors (Lipinski definition) is 5. The molecule has 3 rings (SSSR count). The lowest BCUT2D eigenvalue weighted by Crippen LogP contribution is -2.44. The average Bonchev–Trinajstić information content (AvgIpc) is 2.75. The van der Waals surface area contributed by atoms with Gasteiger partial charge in [0.15, 0.2) is 19.0 Å². The fourth-order valence-electron chi connectivity index (χ4n) is 3.18. The van der Waals surface area contributed by atoms with Crippen LogP contribution in [0, 0.1) is 6.92 Å². The minimum Gasteiger partial charge on any atom is -0.484 e. The summed E-state index contributed by atoms with van der Waals surface area (Å²) in [5, 5.41) is 5.43. The average molecular weight is 523 g/mol. The summed E-state index contributed by atoms with van der Waals surface area (Å²) in [6, 6.07) is 7.97. The Bertz CT molecular complexity index is 1230. The van der Waals surface area contributed by atoms with Crippen LogP contribution in [0.3, 0.4) is 0 Å². The Hall–Kier alpha value is -3.26. The lowest BCUT2D eigenvalue weighted by molar-refractivity contribution is -0.154. The second-order valence-electron chi connectivity index (χ2n) is 7.45. The molecule has 0 saturated carbocycles. The Morgan fingerprint density at radius 3 is 2.14 bits per heavy atom. The molecule has 0 radical (unpaired) electrons. The van der Waals surface area contributed by atoms with Crippen LogP contribution in [0.4, 0.5) is 26.3 Å². The van der Waals surface area contributed by atoms with Gasteiger partial charge in [0.1, 0.15) is 11.5 Å². The lowest BCUT2D eigenvalue weighted by Gasteiger charge is -2.33. The normalized spacial score (nSPS) is 16.7. The van der Waals surface area contributed by atoms with Crippen LogP contribution < -0.4 is 14.6 Å². The molecule has 1 aliphatic rings. The molecule has 0 spiro atoms. The predicted octanol–water partition coefficient (Wildman–Crippen LogP) is 4.40. The number of amidine groups is 1. The van der Waals surface area contributed by atoms with Crippen molar-refractivity contribution >= 4 is 16.0 Å². The monoisotopic (exact) mass is 523 g/mol. The van der Waals surface area contributed by atoms with Crippen LogP contribution in [0.1, 0.15) is 22.7 Å². The first kappa shape index (κ1) is 26.3. The van der Waals surface area contributed by atoms with Gasteiger partial charge in [0.25, 0.3) is 0 Å². The Labute approximate surface area is 196 Å². The summed E-state index contributed by atoms with van der Waals surface area (Å²) in [5.41, 5.74) is 0.941. The van der Waals surface area contributed by atoms with Crippen LogP contribution in [0.25, 0.3) is 0 Å². The molecular formula is C21H19F6N3O4S. The molecule has 2 N–H and O–H groups in total. The van der Waals surface area contributed by atoms with Gasteiger partial charge < -0.3 is 9.47 Å². The number of rotatable bonds is 7. The summed E-state index contributed by atoms with van der Waals surface area (Å²) in [6.07, 6.45) is -7.02. The van der Waals surface area contributed by atoms with Crippen LogP contribution in [0.15, 0.2) is 59.7 Å². The Kier molecular flexibility index (Phi) is 7.36. The first-order valence-corrected chi connectivity index (χ1v) is 11.3. The summed E-state index contributed by atoms with van der Waals surface area (Å²) in [7, 11) is -4.59. The largest absolute Gasteiger partial charge is 0.484 e. The molecule has 1 heterocycles. The number of aryl methyl sites for hydroxylation is 1. The Morgan fingerprint density at radius 2 is 1.57 bits per heavy atom. The van der Waals surface area contributed by atoms with Crippen LogP contribution >= 0.6 is 0 Å². The molecule has 0 amide bonds. The smallest absolute Gasteiger partial charge is 0.422 e. The standard InChI is InChI=1S/C21H19F6N3O4S/c1-13-2-4-14(5-3-13)19-29-9-8-17(30(19)35(28,31)32)16-10-15(33-11-20(22,23)24)6-7-18(16)34-12-21(25,26)27/h2-10,17H,11-12H2,1H3,(H2,28,31,32). The van der Waals surface area contributed by atoms with E-state index in [4.69, 9.17) is 14.6 Å². The molecule has 0 saturated heterocycles. The van der Waals surface area contributed by atoms with Gasteiger partial charge in [0, 0.05) is 17.3 Å². The van der Waals surface area contributed by atoms with E-state index in [-0.39, 0.29) is 17.1 Å². The third kappa shape index (κ3) is 7.11. The number of alkyl halides is 6. The number of ether oxygens (including phenoxy) is 2. The molecule has 1 unspecified atom stereocenters. The minimum absolute atomic E-state index is 0.150. The maximum atomic E-state index is 12.8. The molecule has 190 valence electrons. The zero-order valence-electron chi connectivity index (χ0n) is 18.0. The van der Waals surface area contributed by atoms with Crippen molar-refractivity contribution in [2.24, 2.45) is 10.1 Å². The van der Waals surface area contributed by atoms with Gasteiger partial charge >= 0.3 is 22.6 Å². The van der Waals surface area contributed by atoms with E-state index < -0.39 is 47.6 Å². The van der Waals surface area contributed by atoms with Gasteiger partial charge in [-0.25, -0.2) is 14.4 Å². The van der Waals surface area contributed by atoms with Gasteiger partial charge in [-0.3, -0.25) is 0 Å². The van der Waals surface area contributed by atoms with Gasteiger partial charge in [-0.1, -0.05) is 29.8 Å². The number of halogens is 6. The van der Waals surface area contributed by atoms with E-state index in [1.165, 1.54) is 12.3 Å². The molecule has 1 atom stereocenters. The number of nitrogens with zero attached hydrogens (tertiary/aromatic N) is 2. The molecule has 0 aliphatic carbocycles. The molecule has 14 heteroatoms. The Balaban J connectivity index is 2.09. The summed E-state index contributed by atoms with van der Waals surface area (Å²) in [5.74, 6) is -0.961.